The highest BCUT2D eigenvalue weighted by Gasteiger charge is 2.18. The number of amidine groups is 1. The van der Waals surface area contributed by atoms with E-state index in [-0.39, 0.29) is 34.3 Å². The van der Waals surface area contributed by atoms with Crippen LogP contribution in [0.5, 0.6) is 0 Å². The Balaban J connectivity index is 1.87. The molecule has 2 heterocycles. The van der Waals surface area contributed by atoms with Gasteiger partial charge in [-0.3, -0.25) is 10.6 Å². The molecule has 2 aromatic heterocycles. The van der Waals surface area contributed by atoms with Crippen LogP contribution in [0.4, 0.5) is 18.9 Å². The largest absolute Gasteiger partial charge is 0.339 e. The topological polar surface area (TPSA) is 101 Å². The van der Waals surface area contributed by atoms with Crippen LogP contribution < -0.4 is 10.4 Å². The Labute approximate surface area is 156 Å². The van der Waals surface area contributed by atoms with E-state index in [9.17, 15) is 18.4 Å². The minimum atomic E-state index is -2.48. The lowest BCUT2D eigenvalue weighted by molar-refractivity contribution is 0.145. The van der Waals surface area contributed by atoms with Crippen LogP contribution in [0.1, 0.15) is 11.4 Å². The first-order chi connectivity index (χ1) is 12.9. The Morgan fingerprint density at radius 1 is 1.37 bits per heavy atom. The van der Waals surface area contributed by atoms with E-state index >= 15 is 0 Å². The molecule has 3 rings (SSSR count). The zero-order chi connectivity index (χ0) is 19.6. The fraction of sp³-hybridized carbons (Fsp3) is 0.188. The summed E-state index contributed by atoms with van der Waals surface area (Å²) in [6.45, 7) is -0.424. The molecule has 0 fully saturated rings. The fourth-order valence-electron chi connectivity index (χ4n) is 2.40. The molecule has 0 unspecified atom stereocenters. The number of halogens is 4. The van der Waals surface area contributed by atoms with Gasteiger partial charge >= 0.3 is 0 Å². The number of nitrogens with one attached hydrogen (secondary N) is 3. The number of hydrogen-bond acceptors (Lipinski definition) is 5. The zero-order valence-corrected chi connectivity index (χ0v) is 14.4. The average Bonchev–Trinajstić information content (AvgIpc) is 3.05. The number of aromatic nitrogens is 3. The maximum absolute atomic E-state index is 13.3. The molecule has 4 N–H and O–H groups in total. The van der Waals surface area contributed by atoms with Gasteiger partial charge in [0.2, 0.25) is 0 Å². The zero-order valence-electron chi connectivity index (χ0n) is 13.7. The summed E-state index contributed by atoms with van der Waals surface area (Å²) in [6.07, 6.45) is -1.09. The van der Waals surface area contributed by atoms with Gasteiger partial charge in [0.1, 0.15) is 11.6 Å². The number of aromatic amines is 1. The third-order valence-electron chi connectivity index (χ3n) is 3.65. The summed E-state index contributed by atoms with van der Waals surface area (Å²) in [5.74, 6) is -0.630. The highest BCUT2D eigenvalue weighted by Crippen LogP contribution is 2.24. The first kappa shape index (κ1) is 19.1. The number of pyridine rings is 1. The fourth-order valence-corrected chi connectivity index (χ4v) is 2.57. The number of anilines is 1. The van der Waals surface area contributed by atoms with Crippen molar-refractivity contribution in [2.75, 3.05) is 11.6 Å². The van der Waals surface area contributed by atoms with Crippen LogP contribution in [0.2, 0.25) is 5.02 Å². The number of benzene rings is 1. The second-order valence-electron chi connectivity index (χ2n) is 5.52. The molecule has 7 nitrogen and oxygen atoms in total. The van der Waals surface area contributed by atoms with Crippen LogP contribution in [0.3, 0.4) is 0 Å². The lowest BCUT2D eigenvalue weighted by atomic mass is 10.2. The third kappa shape index (κ3) is 4.18. The number of fused-ring (bicyclic) bond motifs is 1. The van der Waals surface area contributed by atoms with Crippen molar-refractivity contribution in [3.63, 3.8) is 0 Å². The van der Waals surface area contributed by atoms with E-state index < -0.39 is 18.8 Å². The average molecular weight is 399 g/mol. The van der Waals surface area contributed by atoms with Gasteiger partial charge < -0.3 is 10.3 Å². The van der Waals surface area contributed by atoms with Gasteiger partial charge in [-0.25, -0.2) is 28.2 Å². The van der Waals surface area contributed by atoms with Crippen molar-refractivity contribution in [1.82, 2.24) is 20.3 Å². The summed E-state index contributed by atoms with van der Waals surface area (Å²) < 4.78 is 37.7. The second-order valence-corrected chi connectivity index (χ2v) is 5.93. The third-order valence-corrected chi connectivity index (χ3v) is 3.94. The van der Waals surface area contributed by atoms with Gasteiger partial charge in [0.25, 0.3) is 6.43 Å². The van der Waals surface area contributed by atoms with Crippen LogP contribution >= 0.6 is 11.6 Å². The number of rotatable bonds is 6. The summed E-state index contributed by atoms with van der Waals surface area (Å²) in [5.41, 5.74) is 0.963. The van der Waals surface area contributed by atoms with Crippen molar-refractivity contribution >= 4 is 34.3 Å². The van der Waals surface area contributed by atoms with E-state index in [4.69, 9.17) is 17.0 Å². The molecule has 0 saturated heterocycles. The van der Waals surface area contributed by atoms with Crippen molar-refractivity contribution in [2.45, 2.75) is 13.0 Å². The second kappa shape index (κ2) is 7.91. The number of nitrogens with zero attached hydrogens (tertiary/aromatic N) is 3. The lowest BCUT2D eigenvalue weighted by Crippen LogP contribution is -2.27. The maximum atomic E-state index is 13.3. The Hall–Kier alpha value is -2.69. The van der Waals surface area contributed by atoms with Gasteiger partial charge in [0, 0.05) is 11.8 Å². The standard InChI is InChI=1S/C16H14ClF3N6O/c17-10-5-8(1-2-11(10)18)26(27)15(21)9-3-4-23-16-14(9)24-13(25-16)7-22-6-12(19)20/h1-5,12,21-22,27H,6-7H2,(H,23,24,25). The molecule has 0 aliphatic rings. The molecule has 0 bridgehead atoms. The van der Waals surface area contributed by atoms with Crippen molar-refractivity contribution in [2.24, 2.45) is 0 Å². The van der Waals surface area contributed by atoms with Gasteiger partial charge in [-0.05, 0) is 24.3 Å². The van der Waals surface area contributed by atoms with Crippen molar-refractivity contribution in [3.8, 4) is 0 Å². The van der Waals surface area contributed by atoms with Crippen LogP contribution in [0.25, 0.3) is 11.2 Å². The van der Waals surface area contributed by atoms with E-state index in [0.29, 0.717) is 16.4 Å². The summed E-state index contributed by atoms with van der Waals surface area (Å²) in [7, 11) is 0. The predicted molar refractivity (Wildman–Crippen MR) is 94.1 cm³/mol. The molecule has 0 spiro atoms. The van der Waals surface area contributed by atoms with Crippen LogP contribution in [-0.2, 0) is 6.54 Å². The van der Waals surface area contributed by atoms with Gasteiger partial charge in [-0.15, -0.1) is 0 Å². The lowest BCUT2D eigenvalue weighted by Gasteiger charge is -2.18. The van der Waals surface area contributed by atoms with E-state index in [2.05, 4.69) is 20.3 Å². The highest BCUT2D eigenvalue weighted by molar-refractivity contribution is 6.31. The summed E-state index contributed by atoms with van der Waals surface area (Å²) >= 11 is 5.71. The number of alkyl halides is 2. The molecule has 11 heteroatoms. The van der Waals surface area contributed by atoms with Gasteiger partial charge in [0.15, 0.2) is 11.5 Å². The minimum Gasteiger partial charge on any atom is -0.339 e. The molecule has 0 radical (unpaired) electrons. The quantitative estimate of drug-likeness (QED) is 0.290. The monoisotopic (exact) mass is 398 g/mol. The van der Waals surface area contributed by atoms with Crippen LogP contribution in [0.15, 0.2) is 30.5 Å². The molecule has 0 saturated carbocycles. The molecular weight excluding hydrogens is 385 g/mol. The van der Waals surface area contributed by atoms with Crippen LogP contribution in [-0.4, -0.2) is 39.0 Å². The molecule has 0 aliphatic carbocycles. The van der Waals surface area contributed by atoms with Gasteiger partial charge in [-0.1, -0.05) is 11.6 Å². The van der Waals surface area contributed by atoms with Gasteiger partial charge in [0.05, 0.1) is 29.3 Å². The smallest absolute Gasteiger partial charge is 0.250 e. The number of imidazole rings is 1. The Kier molecular flexibility index (Phi) is 5.59. The van der Waals surface area contributed by atoms with Crippen molar-refractivity contribution in [3.05, 3.63) is 52.7 Å². The normalized spacial score (nSPS) is 11.3. The molecule has 3 aromatic rings. The Morgan fingerprint density at radius 2 is 2.15 bits per heavy atom. The SMILES string of the molecule is N=C(c1ccnc2nc(CNCC(F)F)[nH]c12)N(O)c1ccc(F)c(Cl)c1. The molecule has 0 aliphatic heterocycles. The number of hydroxylamine groups is 1. The molecule has 0 amide bonds. The Morgan fingerprint density at radius 3 is 2.85 bits per heavy atom. The van der Waals surface area contributed by atoms with Crippen LogP contribution in [0, 0.1) is 11.2 Å². The summed E-state index contributed by atoms with van der Waals surface area (Å²) in [6, 6.07) is 4.99. The predicted octanol–water partition coefficient (Wildman–Crippen LogP) is 3.33. The molecule has 27 heavy (non-hydrogen) atoms. The van der Waals surface area contributed by atoms with Crippen molar-refractivity contribution in [1.29, 1.82) is 5.41 Å². The first-order valence-corrected chi connectivity index (χ1v) is 8.10. The maximum Gasteiger partial charge on any atom is 0.250 e. The minimum absolute atomic E-state index is 0.0594. The van der Waals surface area contributed by atoms with Crippen molar-refractivity contribution < 1.29 is 18.4 Å². The Bertz CT molecular complexity index is 980. The number of H-pyrrole nitrogens is 1. The molecule has 1 aromatic carbocycles. The van der Waals surface area contributed by atoms with Gasteiger partial charge in [-0.2, -0.15) is 0 Å². The summed E-state index contributed by atoms with van der Waals surface area (Å²) in [5, 5.41) is 21.4. The molecule has 0 atom stereocenters. The van der Waals surface area contributed by atoms with E-state index in [1.807, 2.05) is 0 Å². The highest BCUT2D eigenvalue weighted by atomic mass is 35.5. The first-order valence-electron chi connectivity index (χ1n) is 7.72. The molecular formula is C16H14ClF3N6O. The van der Waals surface area contributed by atoms with E-state index in [0.717, 1.165) is 6.07 Å². The number of hydrogen-bond donors (Lipinski definition) is 4. The summed E-state index contributed by atoms with van der Waals surface area (Å²) in [4.78, 5) is 11.1. The van der Waals surface area contributed by atoms with E-state index in [1.54, 1.807) is 0 Å². The molecule has 142 valence electrons. The van der Waals surface area contributed by atoms with E-state index in [1.165, 1.54) is 24.4 Å².